The van der Waals surface area contributed by atoms with Crippen LogP contribution >= 0.6 is 186 Å². The minimum atomic E-state index is -2.37. The zero-order chi connectivity index (χ0) is 24.9. The number of benzene rings is 1. The van der Waals surface area contributed by atoms with Crippen molar-refractivity contribution < 1.29 is 5.11 Å². The van der Waals surface area contributed by atoms with Gasteiger partial charge in [0.2, 0.25) is 0 Å². The first-order chi connectivity index (χ1) is 13.7. The molecule has 1 N–H and O–H groups in total. The maximum Gasteiger partial charge on any atom is 0.176 e. The fraction of sp³-hybridized carbons (Fsp3) is 0.571. The average molecular weight is 757 g/mol. The first-order valence-electron chi connectivity index (χ1n) is 7.21. The summed E-state index contributed by atoms with van der Waals surface area (Å²) in [5.41, 5.74) is -1.73. The predicted octanol–water partition coefficient (Wildman–Crippen LogP) is 11.1. The van der Waals surface area contributed by atoms with Gasteiger partial charge in [-0.15, -0.1) is 92.8 Å². The number of phenols is 1. The van der Waals surface area contributed by atoms with Crippen molar-refractivity contribution in [3.8, 4) is 5.75 Å². The molecule has 0 atom stereocenters. The van der Waals surface area contributed by atoms with Crippen molar-refractivity contribution in [2.75, 3.05) is 0 Å². The summed E-state index contributed by atoms with van der Waals surface area (Å²) < 4.78 is -9.19. The highest BCUT2D eigenvalue weighted by molar-refractivity contribution is 6.64. The number of alkyl halides is 16. The van der Waals surface area contributed by atoms with Crippen LogP contribution in [0.4, 0.5) is 0 Å². The van der Waals surface area contributed by atoms with Crippen LogP contribution in [0.25, 0.3) is 0 Å². The standard InChI is InChI=1S/C14H6Cl16O/c15-7(16)11(23,24)2-1-3(31)5(13(27,28)9(19)20)6(14(29,30)10(21)22)4(2)12(25,26)8(17)18/h1,7-10,31H. The molecular formula is C14H6Cl16O. The molecular weight excluding hydrogens is 751 g/mol. The van der Waals surface area contributed by atoms with E-state index in [9.17, 15) is 5.11 Å². The smallest absolute Gasteiger partial charge is 0.176 e. The number of phenolic OH excluding ortho intramolecular Hbond substituents is 1. The van der Waals surface area contributed by atoms with E-state index < -0.39 is 59.1 Å². The maximum absolute atomic E-state index is 10.8. The fourth-order valence-corrected chi connectivity index (χ4v) is 4.73. The first-order valence-corrected chi connectivity index (χ1v) is 13.7. The third-order valence-electron chi connectivity index (χ3n) is 3.76. The van der Waals surface area contributed by atoms with E-state index in [2.05, 4.69) is 0 Å². The summed E-state index contributed by atoms with van der Waals surface area (Å²) in [7, 11) is 0. The lowest BCUT2D eigenvalue weighted by Crippen LogP contribution is -2.36. The molecule has 0 saturated heterocycles. The summed E-state index contributed by atoms with van der Waals surface area (Å²) in [4.78, 5) is -6.35. The Morgan fingerprint density at radius 2 is 0.774 bits per heavy atom. The third-order valence-corrected chi connectivity index (χ3v) is 11.5. The minimum absolute atomic E-state index is 0.331. The van der Waals surface area contributed by atoms with Crippen LogP contribution in [0.5, 0.6) is 5.75 Å². The van der Waals surface area contributed by atoms with Gasteiger partial charge in [0, 0.05) is 22.3 Å². The largest absolute Gasteiger partial charge is 0.508 e. The van der Waals surface area contributed by atoms with Crippen LogP contribution in [-0.2, 0) is 17.3 Å². The zero-order valence-electron chi connectivity index (χ0n) is 13.9. The molecule has 17 heteroatoms. The Morgan fingerprint density at radius 1 is 0.484 bits per heavy atom. The van der Waals surface area contributed by atoms with Gasteiger partial charge in [0.15, 0.2) is 17.3 Å². The molecule has 0 spiro atoms. The number of rotatable bonds is 8. The van der Waals surface area contributed by atoms with Crippen molar-refractivity contribution in [2.24, 2.45) is 0 Å². The summed E-state index contributed by atoms with van der Waals surface area (Å²) >= 11 is 98.7. The van der Waals surface area contributed by atoms with Gasteiger partial charge < -0.3 is 5.11 Å². The summed E-state index contributed by atoms with van der Waals surface area (Å²) in [5.74, 6) is -0.728. The van der Waals surface area contributed by atoms with E-state index in [4.69, 9.17) is 186 Å². The molecule has 180 valence electrons. The van der Waals surface area contributed by atoms with Gasteiger partial charge in [0.1, 0.15) is 25.1 Å². The van der Waals surface area contributed by atoms with Gasteiger partial charge in [0.05, 0.1) is 0 Å². The van der Waals surface area contributed by atoms with Crippen molar-refractivity contribution in [2.45, 2.75) is 36.7 Å². The summed E-state index contributed by atoms with van der Waals surface area (Å²) in [5, 5.41) is 10.8. The predicted molar refractivity (Wildman–Crippen MR) is 144 cm³/mol. The second-order valence-electron chi connectivity index (χ2n) is 5.76. The Balaban J connectivity index is 4.51. The molecule has 0 heterocycles. The number of aromatic hydroxyl groups is 1. The topological polar surface area (TPSA) is 20.2 Å². The maximum atomic E-state index is 10.8. The Labute approximate surface area is 258 Å². The lowest BCUT2D eigenvalue weighted by Gasteiger charge is -2.39. The molecule has 1 aromatic rings. The van der Waals surface area contributed by atoms with Crippen LogP contribution in [0.2, 0.25) is 0 Å². The lowest BCUT2D eigenvalue weighted by molar-refractivity contribution is 0.462. The molecule has 31 heavy (non-hydrogen) atoms. The molecule has 0 aliphatic carbocycles. The molecule has 0 fully saturated rings. The van der Waals surface area contributed by atoms with Crippen molar-refractivity contribution in [3.63, 3.8) is 0 Å². The van der Waals surface area contributed by atoms with Gasteiger partial charge >= 0.3 is 0 Å². The fourth-order valence-electron chi connectivity index (χ4n) is 2.39. The van der Waals surface area contributed by atoms with Gasteiger partial charge in [-0.2, -0.15) is 0 Å². The molecule has 0 saturated carbocycles. The number of hydrogen-bond acceptors (Lipinski definition) is 1. The molecule has 0 amide bonds. The highest BCUT2D eigenvalue weighted by atomic mass is 35.6. The van der Waals surface area contributed by atoms with Crippen molar-refractivity contribution in [1.82, 2.24) is 0 Å². The molecule has 0 aliphatic rings. The molecule has 1 nitrogen and oxygen atoms in total. The van der Waals surface area contributed by atoms with Gasteiger partial charge in [-0.05, 0) is 6.07 Å². The van der Waals surface area contributed by atoms with Crippen molar-refractivity contribution >= 4 is 186 Å². The molecule has 0 bridgehead atoms. The van der Waals surface area contributed by atoms with Crippen LogP contribution in [-0.4, -0.2) is 24.5 Å². The zero-order valence-corrected chi connectivity index (χ0v) is 26.0. The lowest BCUT2D eigenvalue weighted by atomic mass is 9.87. The van der Waals surface area contributed by atoms with E-state index in [1.165, 1.54) is 0 Å². The molecule has 0 radical (unpaired) electrons. The average Bonchev–Trinajstić information content (AvgIpc) is 2.59. The minimum Gasteiger partial charge on any atom is -0.508 e. The summed E-state index contributed by atoms with van der Waals surface area (Å²) in [6, 6.07) is 0.929. The van der Waals surface area contributed by atoms with E-state index in [-0.39, 0.29) is 5.56 Å². The van der Waals surface area contributed by atoms with Gasteiger partial charge in [-0.3, -0.25) is 0 Å². The van der Waals surface area contributed by atoms with E-state index in [0.717, 1.165) is 6.07 Å². The highest BCUT2D eigenvalue weighted by Crippen LogP contribution is 2.61. The van der Waals surface area contributed by atoms with E-state index >= 15 is 0 Å². The van der Waals surface area contributed by atoms with E-state index in [0.29, 0.717) is 0 Å². The van der Waals surface area contributed by atoms with E-state index in [1.807, 2.05) is 0 Å². The number of halogens is 16. The van der Waals surface area contributed by atoms with Crippen LogP contribution in [0.15, 0.2) is 6.07 Å². The molecule has 0 aromatic heterocycles. The molecule has 1 aromatic carbocycles. The van der Waals surface area contributed by atoms with E-state index in [1.54, 1.807) is 0 Å². The Morgan fingerprint density at radius 3 is 1.10 bits per heavy atom. The normalized spacial score (nSPS) is 14.5. The monoisotopic (exact) mass is 750 g/mol. The summed E-state index contributed by atoms with van der Waals surface area (Å²) in [6.07, 6.45) is 0. The Kier molecular flexibility index (Phi) is 12.2. The van der Waals surface area contributed by atoms with Crippen LogP contribution < -0.4 is 0 Å². The van der Waals surface area contributed by atoms with Crippen molar-refractivity contribution in [3.05, 3.63) is 28.3 Å². The van der Waals surface area contributed by atoms with Gasteiger partial charge in [-0.25, -0.2) is 0 Å². The summed E-state index contributed by atoms with van der Waals surface area (Å²) in [6.45, 7) is 0. The SMILES string of the molecule is Oc1cc(C(Cl)(Cl)C(Cl)Cl)c(C(Cl)(Cl)C(Cl)Cl)c(C(Cl)(Cl)C(Cl)Cl)c1C(Cl)(Cl)C(Cl)Cl. The second kappa shape index (κ2) is 11.6. The van der Waals surface area contributed by atoms with Crippen LogP contribution in [0, 0.1) is 0 Å². The van der Waals surface area contributed by atoms with Crippen LogP contribution in [0.3, 0.4) is 0 Å². The molecule has 0 aliphatic heterocycles. The molecule has 1 rings (SSSR count). The Hall–Kier alpha value is 3.66. The number of hydrogen-bond donors (Lipinski definition) is 1. The van der Waals surface area contributed by atoms with Gasteiger partial charge in [-0.1, -0.05) is 92.8 Å². The molecule has 0 unspecified atom stereocenters. The Bertz CT molecular complexity index is 800. The highest BCUT2D eigenvalue weighted by Gasteiger charge is 2.54. The second-order valence-corrected chi connectivity index (χ2v) is 15.7. The van der Waals surface area contributed by atoms with Crippen LogP contribution in [0.1, 0.15) is 22.3 Å². The first kappa shape index (κ1) is 32.7. The quantitative estimate of drug-likeness (QED) is 0.262. The van der Waals surface area contributed by atoms with Crippen molar-refractivity contribution in [1.29, 1.82) is 0 Å². The van der Waals surface area contributed by atoms with Gasteiger partial charge in [0.25, 0.3) is 0 Å². The third kappa shape index (κ3) is 6.57.